The number of aryl methyl sites for hydroxylation is 2. The molecule has 0 radical (unpaired) electrons. The summed E-state index contributed by atoms with van der Waals surface area (Å²) in [4.78, 5) is 19.6. The summed E-state index contributed by atoms with van der Waals surface area (Å²) in [6, 6.07) is 10.3. The van der Waals surface area contributed by atoms with Gasteiger partial charge in [-0.05, 0) is 49.1 Å². The molecule has 1 aliphatic heterocycles. The van der Waals surface area contributed by atoms with Crippen molar-refractivity contribution in [1.82, 2.24) is 9.88 Å². The molecule has 0 fully saturated rings. The SMILES string of the molecule is COc1cc2c(cc1OC)CN(C(=O)c1csc(-c3ccc(C)cc3C)n1)CC2. The summed E-state index contributed by atoms with van der Waals surface area (Å²) in [5.41, 5.74) is 6.27. The molecule has 3 aromatic rings. The van der Waals surface area contributed by atoms with Gasteiger partial charge in [-0.15, -0.1) is 11.3 Å². The Morgan fingerprint density at radius 2 is 1.79 bits per heavy atom. The van der Waals surface area contributed by atoms with Crippen LogP contribution in [-0.4, -0.2) is 36.6 Å². The van der Waals surface area contributed by atoms with Crippen LogP contribution in [0.1, 0.15) is 32.7 Å². The molecule has 0 bridgehead atoms. The average Bonchev–Trinajstić information content (AvgIpc) is 3.21. The number of methoxy groups -OCH3 is 2. The molecular weight excluding hydrogens is 384 g/mol. The summed E-state index contributed by atoms with van der Waals surface area (Å²) in [5, 5.41) is 2.75. The second kappa shape index (κ2) is 7.87. The second-order valence-electron chi connectivity index (χ2n) is 7.31. The van der Waals surface area contributed by atoms with Gasteiger partial charge < -0.3 is 14.4 Å². The van der Waals surface area contributed by atoms with E-state index in [-0.39, 0.29) is 5.91 Å². The zero-order valence-electron chi connectivity index (χ0n) is 17.1. The smallest absolute Gasteiger partial charge is 0.273 e. The maximum Gasteiger partial charge on any atom is 0.273 e. The molecule has 0 saturated heterocycles. The molecule has 2 heterocycles. The number of hydrogen-bond donors (Lipinski definition) is 0. The highest BCUT2D eigenvalue weighted by molar-refractivity contribution is 7.13. The Hall–Kier alpha value is -2.86. The summed E-state index contributed by atoms with van der Waals surface area (Å²) in [6.07, 6.45) is 0.787. The lowest BCUT2D eigenvalue weighted by Gasteiger charge is -2.29. The van der Waals surface area contributed by atoms with Crippen molar-refractivity contribution in [2.24, 2.45) is 0 Å². The lowest BCUT2D eigenvalue weighted by molar-refractivity contribution is 0.0729. The molecule has 0 atom stereocenters. The van der Waals surface area contributed by atoms with Crippen LogP contribution in [0.25, 0.3) is 10.6 Å². The van der Waals surface area contributed by atoms with Crippen molar-refractivity contribution < 1.29 is 14.3 Å². The number of aromatic nitrogens is 1. The minimum Gasteiger partial charge on any atom is -0.493 e. The van der Waals surface area contributed by atoms with Crippen LogP contribution in [0.15, 0.2) is 35.7 Å². The van der Waals surface area contributed by atoms with E-state index in [4.69, 9.17) is 9.47 Å². The molecule has 150 valence electrons. The molecule has 1 aromatic heterocycles. The van der Waals surface area contributed by atoms with Crippen LogP contribution in [0.4, 0.5) is 0 Å². The molecule has 29 heavy (non-hydrogen) atoms. The Morgan fingerprint density at radius 3 is 2.48 bits per heavy atom. The number of thiazole rings is 1. The summed E-state index contributed by atoms with van der Waals surface area (Å²) in [5.74, 6) is 1.38. The van der Waals surface area contributed by atoms with E-state index >= 15 is 0 Å². The average molecular weight is 409 g/mol. The van der Waals surface area contributed by atoms with Crippen LogP contribution in [0, 0.1) is 13.8 Å². The predicted octanol–water partition coefficient (Wildman–Crippen LogP) is 4.64. The van der Waals surface area contributed by atoms with Gasteiger partial charge in [0.1, 0.15) is 10.7 Å². The Labute approximate surface area is 174 Å². The molecule has 0 aliphatic carbocycles. The van der Waals surface area contributed by atoms with Crippen molar-refractivity contribution in [3.8, 4) is 22.1 Å². The molecule has 1 amide bonds. The fourth-order valence-electron chi connectivity index (χ4n) is 3.77. The monoisotopic (exact) mass is 408 g/mol. The lowest BCUT2D eigenvalue weighted by Crippen LogP contribution is -2.36. The highest BCUT2D eigenvalue weighted by atomic mass is 32.1. The van der Waals surface area contributed by atoms with Gasteiger partial charge >= 0.3 is 0 Å². The number of nitrogens with zero attached hydrogens (tertiary/aromatic N) is 2. The van der Waals surface area contributed by atoms with E-state index in [0.717, 1.165) is 28.3 Å². The van der Waals surface area contributed by atoms with E-state index in [2.05, 4.69) is 37.0 Å². The first-order valence-electron chi connectivity index (χ1n) is 9.56. The van der Waals surface area contributed by atoms with Crippen molar-refractivity contribution >= 4 is 17.2 Å². The van der Waals surface area contributed by atoms with Gasteiger partial charge in [0.2, 0.25) is 0 Å². The maximum absolute atomic E-state index is 13.1. The van der Waals surface area contributed by atoms with Crippen LogP contribution < -0.4 is 9.47 Å². The quantitative estimate of drug-likeness (QED) is 0.631. The number of fused-ring (bicyclic) bond motifs is 1. The molecule has 1 aliphatic rings. The number of carbonyl (C=O) groups excluding carboxylic acids is 1. The topological polar surface area (TPSA) is 51.7 Å². The van der Waals surface area contributed by atoms with E-state index in [0.29, 0.717) is 24.5 Å². The summed E-state index contributed by atoms with van der Waals surface area (Å²) in [6.45, 7) is 5.36. The number of carbonyl (C=O) groups is 1. The van der Waals surface area contributed by atoms with Crippen molar-refractivity contribution in [2.75, 3.05) is 20.8 Å². The molecule has 5 nitrogen and oxygen atoms in total. The number of hydrogen-bond acceptors (Lipinski definition) is 5. The van der Waals surface area contributed by atoms with Crippen LogP contribution >= 0.6 is 11.3 Å². The van der Waals surface area contributed by atoms with Gasteiger partial charge in [-0.1, -0.05) is 23.8 Å². The minimum absolute atomic E-state index is 0.0299. The highest BCUT2D eigenvalue weighted by Gasteiger charge is 2.25. The fraction of sp³-hybridized carbons (Fsp3) is 0.304. The normalized spacial score (nSPS) is 13.2. The summed E-state index contributed by atoms with van der Waals surface area (Å²) in [7, 11) is 3.26. The lowest BCUT2D eigenvalue weighted by atomic mass is 9.98. The third kappa shape index (κ3) is 3.72. The first-order chi connectivity index (χ1) is 14.0. The molecule has 0 N–H and O–H groups in total. The van der Waals surface area contributed by atoms with E-state index in [1.54, 1.807) is 14.2 Å². The summed E-state index contributed by atoms with van der Waals surface area (Å²) < 4.78 is 10.8. The molecule has 4 rings (SSSR count). The first-order valence-corrected chi connectivity index (χ1v) is 10.4. The van der Waals surface area contributed by atoms with Crippen LogP contribution in [0.3, 0.4) is 0 Å². The first kappa shape index (κ1) is 19.5. The van der Waals surface area contributed by atoms with Crippen molar-refractivity contribution in [3.63, 3.8) is 0 Å². The largest absolute Gasteiger partial charge is 0.493 e. The number of rotatable bonds is 4. The van der Waals surface area contributed by atoms with Gasteiger partial charge in [0.25, 0.3) is 5.91 Å². The van der Waals surface area contributed by atoms with E-state index in [1.165, 1.54) is 28.0 Å². The number of benzene rings is 2. The Kier molecular flexibility index (Phi) is 5.28. The molecular formula is C23H24N2O3S. The predicted molar refractivity (Wildman–Crippen MR) is 115 cm³/mol. The van der Waals surface area contributed by atoms with Gasteiger partial charge in [-0.25, -0.2) is 4.98 Å². The molecule has 0 saturated carbocycles. The van der Waals surface area contributed by atoms with E-state index < -0.39 is 0 Å². The van der Waals surface area contributed by atoms with Crippen LogP contribution in [-0.2, 0) is 13.0 Å². The third-order valence-electron chi connectivity index (χ3n) is 5.34. The maximum atomic E-state index is 13.1. The van der Waals surface area contributed by atoms with Crippen LogP contribution in [0.2, 0.25) is 0 Å². The van der Waals surface area contributed by atoms with Crippen molar-refractivity contribution in [1.29, 1.82) is 0 Å². The van der Waals surface area contributed by atoms with Crippen molar-refractivity contribution in [2.45, 2.75) is 26.8 Å². The molecule has 0 unspecified atom stereocenters. The molecule has 0 spiro atoms. The van der Waals surface area contributed by atoms with Gasteiger partial charge in [-0.2, -0.15) is 0 Å². The summed E-state index contributed by atoms with van der Waals surface area (Å²) >= 11 is 1.52. The minimum atomic E-state index is -0.0299. The van der Waals surface area contributed by atoms with E-state index in [1.807, 2.05) is 22.4 Å². The fourth-order valence-corrected chi connectivity index (χ4v) is 4.65. The number of ether oxygens (including phenoxy) is 2. The van der Waals surface area contributed by atoms with Crippen LogP contribution in [0.5, 0.6) is 11.5 Å². The standard InChI is InChI=1S/C23H24N2O3S/c1-14-5-6-18(15(2)9-14)22-24-19(13-29-22)23(26)25-8-7-16-10-20(27-3)21(28-4)11-17(16)12-25/h5-6,9-11,13H,7-8,12H2,1-4H3. The third-order valence-corrected chi connectivity index (χ3v) is 6.22. The number of amides is 1. The molecule has 6 heteroatoms. The van der Waals surface area contributed by atoms with Gasteiger partial charge in [0.15, 0.2) is 11.5 Å². The van der Waals surface area contributed by atoms with Gasteiger partial charge in [0, 0.05) is 24.0 Å². The van der Waals surface area contributed by atoms with Gasteiger partial charge in [0.05, 0.1) is 14.2 Å². The Morgan fingerprint density at radius 1 is 1.07 bits per heavy atom. The zero-order valence-corrected chi connectivity index (χ0v) is 17.9. The van der Waals surface area contributed by atoms with Gasteiger partial charge in [-0.3, -0.25) is 4.79 Å². The molecule has 2 aromatic carbocycles. The zero-order chi connectivity index (χ0) is 20.5. The Balaban J connectivity index is 1.56. The van der Waals surface area contributed by atoms with Crippen molar-refractivity contribution in [3.05, 3.63) is 63.7 Å². The second-order valence-corrected chi connectivity index (χ2v) is 8.17. The highest BCUT2D eigenvalue weighted by Crippen LogP contribution is 2.34. The van der Waals surface area contributed by atoms with E-state index in [9.17, 15) is 4.79 Å². The Bertz CT molecular complexity index is 1070.